The molecule has 1 aromatic heterocycles. The van der Waals surface area contributed by atoms with Crippen molar-refractivity contribution in [3.63, 3.8) is 0 Å². The predicted molar refractivity (Wildman–Crippen MR) is 67.1 cm³/mol. The normalized spacial score (nSPS) is 17.1. The fraction of sp³-hybridized carbons (Fsp3) is 0.636. The number of amides is 2. The first kappa shape index (κ1) is 12.2. The molecule has 6 heteroatoms. The molecule has 1 aromatic rings. The molecule has 2 N–H and O–H groups in total. The summed E-state index contributed by atoms with van der Waals surface area (Å²) < 4.78 is 0. The molecule has 0 aromatic carbocycles. The van der Waals surface area contributed by atoms with Crippen molar-refractivity contribution in [1.29, 1.82) is 0 Å². The first-order valence-corrected chi connectivity index (χ1v) is 6.72. The zero-order valence-corrected chi connectivity index (χ0v) is 10.7. The van der Waals surface area contributed by atoms with Crippen molar-refractivity contribution < 1.29 is 4.79 Å². The number of carbonyl (C=O) groups is 1. The Balaban J connectivity index is 1.79. The molecule has 0 saturated carbocycles. The standard InChI is InChI=1S/C11H17N3O2S/c1-8-2-4-14(5-3-8)10(15)12-6-9-7-17-11(16)13-9/h7-8H,2-6H2,1H3,(H,12,15)(H,13,16). The first-order chi connectivity index (χ1) is 8.15. The number of hydrogen-bond acceptors (Lipinski definition) is 3. The molecule has 2 heterocycles. The lowest BCUT2D eigenvalue weighted by Gasteiger charge is -2.30. The molecule has 94 valence electrons. The molecule has 0 spiro atoms. The Kier molecular flexibility index (Phi) is 3.83. The van der Waals surface area contributed by atoms with E-state index in [9.17, 15) is 9.59 Å². The molecule has 1 aliphatic rings. The average molecular weight is 255 g/mol. The molecule has 0 atom stereocenters. The largest absolute Gasteiger partial charge is 0.332 e. The molecule has 2 rings (SSSR count). The zero-order valence-electron chi connectivity index (χ0n) is 9.86. The zero-order chi connectivity index (χ0) is 12.3. The minimum atomic E-state index is -0.0824. The van der Waals surface area contributed by atoms with E-state index in [-0.39, 0.29) is 10.9 Å². The highest BCUT2D eigenvalue weighted by atomic mass is 32.1. The maximum atomic E-state index is 11.8. The fourth-order valence-corrected chi connectivity index (χ4v) is 2.48. The van der Waals surface area contributed by atoms with Crippen LogP contribution in [0.1, 0.15) is 25.5 Å². The Hall–Kier alpha value is -1.30. The summed E-state index contributed by atoms with van der Waals surface area (Å²) in [6.45, 7) is 4.26. The maximum Gasteiger partial charge on any atom is 0.317 e. The van der Waals surface area contributed by atoms with E-state index in [2.05, 4.69) is 17.2 Å². The smallest absolute Gasteiger partial charge is 0.317 e. The number of aromatic amines is 1. The number of carbonyl (C=O) groups excluding carboxylic acids is 1. The molecule has 1 aliphatic heterocycles. The number of piperidine rings is 1. The minimum absolute atomic E-state index is 0.0380. The van der Waals surface area contributed by atoms with E-state index in [0.29, 0.717) is 12.5 Å². The summed E-state index contributed by atoms with van der Waals surface area (Å²) in [6.07, 6.45) is 2.14. The summed E-state index contributed by atoms with van der Waals surface area (Å²) >= 11 is 1.12. The van der Waals surface area contributed by atoms with Crippen molar-refractivity contribution in [2.24, 2.45) is 5.92 Å². The van der Waals surface area contributed by atoms with Gasteiger partial charge in [-0.2, -0.15) is 0 Å². The van der Waals surface area contributed by atoms with E-state index in [0.717, 1.165) is 43.0 Å². The molecule has 1 fully saturated rings. The fourth-order valence-electron chi connectivity index (χ4n) is 1.89. The van der Waals surface area contributed by atoms with Crippen LogP contribution in [0.3, 0.4) is 0 Å². The Morgan fingerprint density at radius 2 is 2.29 bits per heavy atom. The van der Waals surface area contributed by atoms with Gasteiger partial charge >= 0.3 is 10.9 Å². The third-order valence-corrected chi connectivity index (χ3v) is 3.79. The van der Waals surface area contributed by atoms with Gasteiger partial charge in [-0.15, -0.1) is 0 Å². The van der Waals surface area contributed by atoms with Gasteiger partial charge < -0.3 is 15.2 Å². The van der Waals surface area contributed by atoms with Gasteiger partial charge in [-0.05, 0) is 18.8 Å². The van der Waals surface area contributed by atoms with Crippen LogP contribution >= 0.6 is 11.3 Å². The van der Waals surface area contributed by atoms with Gasteiger partial charge in [-0.3, -0.25) is 4.79 Å². The lowest BCUT2D eigenvalue weighted by Crippen LogP contribution is -2.43. The molecule has 2 amide bonds. The molecule has 17 heavy (non-hydrogen) atoms. The number of aromatic nitrogens is 1. The number of urea groups is 1. The lowest BCUT2D eigenvalue weighted by atomic mass is 10.00. The topological polar surface area (TPSA) is 65.2 Å². The van der Waals surface area contributed by atoms with Crippen molar-refractivity contribution in [2.45, 2.75) is 26.3 Å². The van der Waals surface area contributed by atoms with Crippen LogP contribution < -0.4 is 10.2 Å². The quantitative estimate of drug-likeness (QED) is 0.838. The Bertz CT molecular complexity index is 432. The number of hydrogen-bond donors (Lipinski definition) is 2. The summed E-state index contributed by atoms with van der Waals surface area (Å²) in [7, 11) is 0. The van der Waals surface area contributed by atoms with Crippen molar-refractivity contribution in [1.82, 2.24) is 15.2 Å². The van der Waals surface area contributed by atoms with Gasteiger partial charge in [-0.1, -0.05) is 18.3 Å². The van der Waals surface area contributed by atoms with Crippen LogP contribution in [0, 0.1) is 5.92 Å². The third-order valence-electron chi connectivity index (χ3n) is 3.07. The highest BCUT2D eigenvalue weighted by molar-refractivity contribution is 7.07. The Morgan fingerprint density at radius 3 is 2.88 bits per heavy atom. The molecule has 1 saturated heterocycles. The molecule has 0 radical (unpaired) electrons. The number of thiazole rings is 1. The van der Waals surface area contributed by atoms with Crippen molar-refractivity contribution in [3.8, 4) is 0 Å². The molecule has 5 nitrogen and oxygen atoms in total. The second kappa shape index (κ2) is 5.35. The number of nitrogens with one attached hydrogen (secondary N) is 2. The van der Waals surface area contributed by atoms with E-state index in [1.54, 1.807) is 5.38 Å². The minimum Gasteiger partial charge on any atom is -0.332 e. The molecule has 0 aliphatic carbocycles. The van der Waals surface area contributed by atoms with Crippen LogP contribution in [0.2, 0.25) is 0 Å². The van der Waals surface area contributed by atoms with Crippen molar-refractivity contribution in [3.05, 3.63) is 20.7 Å². The SMILES string of the molecule is CC1CCN(C(=O)NCc2csc(=O)[nH]2)CC1. The van der Waals surface area contributed by atoms with Gasteiger partial charge in [0.15, 0.2) is 0 Å². The maximum absolute atomic E-state index is 11.8. The highest BCUT2D eigenvalue weighted by Gasteiger charge is 2.19. The third kappa shape index (κ3) is 3.33. The van der Waals surface area contributed by atoms with Gasteiger partial charge in [0.05, 0.1) is 6.54 Å². The monoisotopic (exact) mass is 255 g/mol. The number of nitrogens with zero attached hydrogens (tertiary/aromatic N) is 1. The molecular weight excluding hydrogens is 238 g/mol. The summed E-state index contributed by atoms with van der Waals surface area (Å²) in [5.41, 5.74) is 0.763. The number of likely N-dealkylation sites (tertiary alicyclic amines) is 1. The van der Waals surface area contributed by atoms with Crippen LogP contribution in [0.25, 0.3) is 0 Å². The highest BCUT2D eigenvalue weighted by Crippen LogP contribution is 2.15. The second-order valence-electron chi connectivity index (χ2n) is 4.50. The Labute approximate surface area is 104 Å². The van der Waals surface area contributed by atoms with E-state index in [4.69, 9.17) is 0 Å². The van der Waals surface area contributed by atoms with Crippen LogP contribution in [-0.2, 0) is 6.54 Å². The van der Waals surface area contributed by atoms with Gasteiger partial charge in [0.25, 0.3) is 0 Å². The molecule has 0 bridgehead atoms. The summed E-state index contributed by atoms with van der Waals surface area (Å²) in [5, 5.41) is 4.56. The van der Waals surface area contributed by atoms with Crippen LogP contribution in [-0.4, -0.2) is 29.0 Å². The number of H-pyrrole nitrogens is 1. The predicted octanol–water partition coefficient (Wildman–Crippen LogP) is 1.38. The summed E-state index contributed by atoms with van der Waals surface area (Å²) in [6, 6.07) is -0.0380. The van der Waals surface area contributed by atoms with E-state index in [1.807, 2.05) is 4.90 Å². The first-order valence-electron chi connectivity index (χ1n) is 5.84. The second-order valence-corrected chi connectivity index (χ2v) is 5.34. The van der Waals surface area contributed by atoms with Gasteiger partial charge in [0, 0.05) is 24.2 Å². The van der Waals surface area contributed by atoms with E-state index < -0.39 is 0 Å². The van der Waals surface area contributed by atoms with Crippen molar-refractivity contribution >= 4 is 17.4 Å². The summed E-state index contributed by atoms with van der Waals surface area (Å²) in [5.74, 6) is 0.715. The van der Waals surface area contributed by atoms with E-state index in [1.165, 1.54) is 0 Å². The van der Waals surface area contributed by atoms with Crippen molar-refractivity contribution in [2.75, 3.05) is 13.1 Å². The van der Waals surface area contributed by atoms with Gasteiger partial charge in [0.2, 0.25) is 0 Å². The molecule has 0 unspecified atom stereocenters. The average Bonchev–Trinajstić information content (AvgIpc) is 2.73. The lowest BCUT2D eigenvalue weighted by molar-refractivity contribution is 0.173. The number of rotatable bonds is 2. The van der Waals surface area contributed by atoms with Gasteiger partial charge in [0.1, 0.15) is 0 Å². The van der Waals surface area contributed by atoms with Crippen LogP contribution in [0.15, 0.2) is 10.2 Å². The van der Waals surface area contributed by atoms with E-state index >= 15 is 0 Å². The van der Waals surface area contributed by atoms with Gasteiger partial charge in [-0.25, -0.2) is 4.79 Å². The molecular formula is C11H17N3O2S. The Morgan fingerprint density at radius 1 is 1.59 bits per heavy atom. The van der Waals surface area contributed by atoms with Crippen LogP contribution in [0.4, 0.5) is 4.79 Å². The summed E-state index contributed by atoms with van der Waals surface area (Å²) in [4.78, 5) is 27.2. The van der Waals surface area contributed by atoms with Crippen LogP contribution in [0.5, 0.6) is 0 Å².